The first-order valence-electron chi connectivity index (χ1n) is 16.1. The Bertz CT molecular complexity index is 2090. The molecule has 2 heterocycles. The molecule has 0 saturated heterocycles. The van der Waals surface area contributed by atoms with E-state index in [1.165, 1.54) is 11.1 Å². The summed E-state index contributed by atoms with van der Waals surface area (Å²) in [6.07, 6.45) is 3.37. The fourth-order valence-corrected chi connectivity index (χ4v) is 6.63. The van der Waals surface area contributed by atoms with Gasteiger partial charge in [-0.05, 0) is 68.1 Å². The van der Waals surface area contributed by atoms with E-state index in [-0.39, 0.29) is 49.0 Å². The number of nitrogens with zero attached hydrogens (tertiary/aromatic N) is 2. The largest absolute Gasteiger partial charge is 2.00 e. The Morgan fingerprint density at radius 3 is 1.80 bits per heavy atom. The molecular formula is C43H36F2N2OPt. The molecule has 248 valence electrons. The van der Waals surface area contributed by atoms with Crippen molar-refractivity contribution in [1.82, 2.24) is 9.97 Å². The van der Waals surface area contributed by atoms with E-state index in [9.17, 15) is 4.39 Å². The summed E-state index contributed by atoms with van der Waals surface area (Å²) in [7, 11) is 0. The number of hydrogen-bond donors (Lipinski definition) is 0. The van der Waals surface area contributed by atoms with Crippen molar-refractivity contribution < 1.29 is 34.6 Å². The minimum atomic E-state index is -0.869. The van der Waals surface area contributed by atoms with Crippen molar-refractivity contribution in [1.29, 1.82) is 0 Å². The third-order valence-corrected chi connectivity index (χ3v) is 9.17. The van der Waals surface area contributed by atoms with Gasteiger partial charge in [-0.2, -0.15) is 12.1 Å². The van der Waals surface area contributed by atoms with Crippen molar-refractivity contribution in [2.45, 2.75) is 57.8 Å². The number of halogens is 2. The van der Waals surface area contributed by atoms with Gasteiger partial charge in [-0.3, -0.25) is 13.8 Å². The summed E-state index contributed by atoms with van der Waals surface area (Å²) in [5.41, 5.74) is 7.76. The van der Waals surface area contributed by atoms with Crippen LogP contribution < -0.4 is 4.74 Å². The first-order valence-corrected chi connectivity index (χ1v) is 16.1. The molecule has 0 spiro atoms. The topological polar surface area (TPSA) is 35.0 Å². The molecule has 0 saturated carbocycles. The van der Waals surface area contributed by atoms with Crippen LogP contribution in [0.5, 0.6) is 11.5 Å². The van der Waals surface area contributed by atoms with Gasteiger partial charge in [-0.15, -0.1) is 17.7 Å². The van der Waals surface area contributed by atoms with E-state index in [1.54, 1.807) is 30.5 Å². The summed E-state index contributed by atoms with van der Waals surface area (Å²) in [5.74, 6) is -1.61. The second kappa shape index (κ2) is 12.8. The van der Waals surface area contributed by atoms with Crippen LogP contribution in [0.4, 0.5) is 8.78 Å². The van der Waals surface area contributed by atoms with E-state index in [2.05, 4.69) is 101 Å². The Labute approximate surface area is 301 Å². The van der Waals surface area contributed by atoms with Gasteiger partial charge in [-0.1, -0.05) is 114 Å². The van der Waals surface area contributed by atoms with Gasteiger partial charge in [0.05, 0.1) is 22.7 Å². The van der Waals surface area contributed by atoms with Crippen molar-refractivity contribution in [3.05, 3.63) is 167 Å². The van der Waals surface area contributed by atoms with Crippen LogP contribution >= 0.6 is 0 Å². The summed E-state index contributed by atoms with van der Waals surface area (Å²) in [5, 5.41) is 0. The van der Waals surface area contributed by atoms with Crippen molar-refractivity contribution in [3.63, 3.8) is 0 Å². The molecule has 0 radical (unpaired) electrons. The van der Waals surface area contributed by atoms with Gasteiger partial charge >= 0.3 is 21.1 Å². The number of rotatable bonds is 5. The molecule has 0 fully saturated rings. The Balaban J connectivity index is 0.00000417. The van der Waals surface area contributed by atoms with Gasteiger partial charge in [0.2, 0.25) is 0 Å². The van der Waals surface area contributed by atoms with E-state index in [0.29, 0.717) is 5.69 Å². The zero-order valence-electron chi connectivity index (χ0n) is 28.3. The van der Waals surface area contributed by atoms with Crippen LogP contribution in [0.1, 0.15) is 75.1 Å². The average molecular weight is 830 g/mol. The van der Waals surface area contributed by atoms with Crippen LogP contribution in [0.3, 0.4) is 0 Å². The normalized spacial score (nSPS) is 13.3. The van der Waals surface area contributed by atoms with E-state index in [0.717, 1.165) is 39.6 Å². The number of ether oxygens (including phenoxy) is 1. The molecule has 3 nitrogen and oxygen atoms in total. The number of hydrogen-bond acceptors (Lipinski definition) is 3. The van der Waals surface area contributed by atoms with Gasteiger partial charge in [0.15, 0.2) is 0 Å². The summed E-state index contributed by atoms with van der Waals surface area (Å²) in [4.78, 5) is 9.22. The zero-order valence-corrected chi connectivity index (χ0v) is 30.5. The van der Waals surface area contributed by atoms with Gasteiger partial charge in [-0.25, -0.2) is 0 Å². The number of fused-ring (bicyclic) bond motifs is 3. The molecule has 0 N–H and O–H groups in total. The monoisotopic (exact) mass is 829 g/mol. The zero-order chi connectivity index (χ0) is 33.8. The minimum absolute atomic E-state index is 0. The molecule has 0 aliphatic heterocycles. The van der Waals surface area contributed by atoms with Crippen molar-refractivity contribution in [3.8, 4) is 33.9 Å². The first kappa shape index (κ1) is 34.4. The predicted octanol–water partition coefficient (Wildman–Crippen LogP) is 10.8. The average Bonchev–Trinajstić information content (AvgIpc) is 3.36. The SMILES string of the molecule is CC(C)(C)c1ccc2c(c1)C(c1[c-]c(Oc3[c-]c(-c4ccccn4)c(F)cc3F)ccc1)(c1ccccn1)c1cc(C(C)(C)C)ccc1-2.[Pt+2]. The summed E-state index contributed by atoms with van der Waals surface area (Å²) in [6, 6.07) is 37.3. The molecule has 4 aromatic carbocycles. The molecule has 0 atom stereocenters. The minimum Gasteiger partial charge on any atom is -0.500 e. The molecule has 49 heavy (non-hydrogen) atoms. The molecule has 2 aromatic heterocycles. The smallest absolute Gasteiger partial charge is 0.500 e. The van der Waals surface area contributed by atoms with Crippen LogP contribution in [0.25, 0.3) is 22.4 Å². The second-order valence-electron chi connectivity index (χ2n) is 14.4. The fourth-order valence-electron chi connectivity index (χ4n) is 6.63. The summed E-state index contributed by atoms with van der Waals surface area (Å²) >= 11 is 0. The maximum absolute atomic E-state index is 15.2. The summed E-state index contributed by atoms with van der Waals surface area (Å²) < 4.78 is 36.3. The van der Waals surface area contributed by atoms with Crippen LogP contribution in [0.15, 0.2) is 109 Å². The van der Waals surface area contributed by atoms with Crippen LogP contribution in [0, 0.1) is 23.8 Å². The van der Waals surface area contributed by atoms with Crippen molar-refractivity contribution in [2.75, 3.05) is 0 Å². The van der Waals surface area contributed by atoms with Crippen LogP contribution in [-0.4, -0.2) is 9.97 Å². The molecule has 6 heteroatoms. The molecule has 7 rings (SSSR count). The first-order chi connectivity index (χ1) is 22.9. The van der Waals surface area contributed by atoms with E-state index in [4.69, 9.17) is 9.72 Å². The third kappa shape index (κ3) is 6.04. The van der Waals surface area contributed by atoms with Gasteiger partial charge < -0.3 is 9.72 Å². The Kier molecular flexibility index (Phi) is 8.96. The predicted molar refractivity (Wildman–Crippen MR) is 186 cm³/mol. The van der Waals surface area contributed by atoms with Gasteiger partial charge in [0.1, 0.15) is 0 Å². The van der Waals surface area contributed by atoms with Crippen molar-refractivity contribution >= 4 is 0 Å². The second-order valence-corrected chi connectivity index (χ2v) is 14.4. The Morgan fingerprint density at radius 2 is 1.24 bits per heavy atom. The van der Waals surface area contributed by atoms with Crippen molar-refractivity contribution in [2.24, 2.45) is 0 Å². The summed E-state index contributed by atoms with van der Waals surface area (Å²) in [6.45, 7) is 13.3. The van der Waals surface area contributed by atoms with E-state index < -0.39 is 17.0 Å². The Hall–Kier alpha value is -4.47. The molecule has 6 aromatic rings. The fraction of sp³-hybridized carbons (Fsp3) is 0.209. The van der Waals surface area contributed by atoms with Crippen LogP contribution in [-0.2, 0) is 37.3 Å². The number of pyridine rings is 2. The standard InChI is InChI=1S/C43H36F2N2O.Pt/c1-41(2,3)27-16-18-31-32-19-17-28(42(4,5)6)24-35(32)43(34(31)23-27,40-15-8-10-21-47-40)29-12-11-13-30(22-29)48-39-25-33(36(44)26-37(39)45)38-14-7-9-20-46-38;/h7-21,23-24,26H,1-6H3;/q-2;+2. The van der Waals surface area contributed by atoms with Crippen LogP contribution in [0.2, 0.25) is 0 Å². The molecule has 0 unspecified atom stereocenters. The molecule has 0 amide bonds. The maximum atomic E-state index is 15.2. The maximum Gasteiger partial charge on any atom is 2.00 e. The Morgan fingerprint density at radius 1 is 0.633 bits per heavy atom. The molecule has 1 aliphatic rings. The van der Waals surface area contributed by atoms with Gasteiger partial charge in [0.25, 0.3) is 0 Å². The third-order valence-electron chi connectivity index (χ3n) is 9.17. The van der Waals surface area contributed by atoms with E-state index >= 15 is 4.39 Å². The van der Waals surface area contributed by atoms with E-state index in [1.807, 2.05) is 30.5 Å². The number of benzene rings is 4. The van der Waals surface area contributed by atoms with Gasteiger partial charge in [0, 0.05) is 24.0 Å². The molecule has 1 aliphatic carbocycles. The molecular weight excluding hydrogens is 794 g/mol. The molecule has 0 bridgehead atoms. The number of aromatic nitrogens is 2. The quantitative estimate of drug-likeness (QED) is 0.162.